The monoisotopic (exact) mass is 409 g/mol. The molecule has 0 atom stereocenters. The van der Waals surface area contributed by atoms with Crippen LogP contribution in [-0.4, -0.2) is 33.4 Å². The van der Waals surface area contributed by atoms with E-state index in [4.69, 9.17) is 5.10 Å². The minimum absolute atomic E-state index is 0.346. The van der Waals surface area contributed by atoms with Gasteiger partial charge in [-0.3, -0.25) is 18.6 Å². The van der Waals surface area contributed by atoms with Gasteiger partial charge in [-0.2, -0.15) is 5.10 Å². The van der Waals surface area contributed by atoms with Crippen molar-refractivity contribution in [2.45, 2.75) is 40.3 Å². The summed E-state index contributed by atoms with van der Waals surface area (Å²) < 4.78 is 6.42. The van der Waals surface area contributed by atoms with Gasteiger partial charge in [-0.25, -0.2) is 9.78 Å². The van der Waals surface area contributed by atoms with E-state index < -0.39 is 0 Å². The van der Waals surface area contributed by atoms with Gasteiger partial charge >= 0.3 is 5.69 Å². The molecule has 0 bridgehead atoms. The first-order chi connectivity index (χ1) is 14.3. The highest BCUT2D eigenvalue weighted by Gasteiger charge is 2.24. The first kappa shape index (κ1) is 19.9. The normalized spacial score (nSPS) is 11.8. The SMILES string of the molecule is Cc1cc(Cn2nc3c(c2-c2nccn2C)c(=O)n(C)c(=O)n3CCC(C)C)c[nH]1. The van der Waals surface area contributed by atoms with Crippen molar-refractivity contribution in [2.24, 2.45) is 20.0 Å². The lowest BCUT2D eigenvalue weighted by molar-refractivity contribution is 0.498. The Bertz CT molecular complexity index is 1330. The second-order valence-corrected chi connectivity index (χ2v) is 8.24. The van der Waals surface area contributed by atoms with Crippen molar-refractivity contribution in [1.29, 1.82) is 0 Å². The quantitative estimate of drug-likeness (QED) is 0.527. The number of aryl methyl sites for hydroxylation is 3. The fourth-order valence-electron chi connectivity index (χ4n) is 3.72. The van der Waals surface area contributed by atoms with Crippen molar-refractivity contribution < 1.29 is 0 Å². The molecule has 1 N–H and O–H groups in total. The van der Waals surface area contributed by atoms with Gasteiger partial charge in [-0.15, -0.1) is 0 Å². The fourth-order valence-corrected chi connectivity index (χ4v) is 3.72. The number of aromatic nitrogens is 7. The number of hydrogen-bond acceptors (Lipinski definition) is 4. The van der Waals surface area contributed by atoms with Gasteiger partial charge in [-0.05, 0) is 30.9 Å². The van der Waals surface area contributed by atoms with E-state index in [2.05, 4.69) is 23.8 Å². The van der Waals surface area contributed by atoms with Crippen molar-refractivity contribution >= 4 is 11.0 Å². The van der Waals surface area contributed by atoms with Crippen LogP contribution in [0.1, 0.15) is 31.5 Å². The van der Waals surface area contributed by atoms with Gasteiger partial charge in [0.15, 0.2) is 11.5 Å². The van der Waals surface area contributed by atoms with Gasteiger partial charge < -0.3 is 9.55 Å². The highest BCUT2D eigenvalue weighted by Crippen LogP contribution is 2.26. The second-order valence-electron chi connectivity index (χ2n) is 8.24. The average Bonchev–Trinajstić information content (AvgIpc) is 3.38. The smallest absolute Gasteiger partial charge is 0.332 e. The molecule has 158 valence electrons. The Balaban J connectivity index is 2.04. The number of aromatic amines is 1. The van der Waals surface area contributed by atoms with Crippen LogP contribution in [0.25, 0.3) is 22.6 Å². The Morgan fingerprint density at radius 1 is 1.20 bits per heavy atom. The fraction of sp³-hybridized carbons (Fsp3) is 0.429. The van der Waals surface area contributed by atoms with Crippen molar-refractivity contribution in [3.63, 3.8) is 0 Å². The highest BCUT2D eigenvalue weighted by molar-refractivity contribution is 5.89. The van der Waals surface area contributed by atoms with Crippen LogP contribution in [0.3, 0.4) is 0 Å². The van der Waals surface area contributed by atoms with E-state index in [-0.39, 0.29) is 11.2 Å². The second kappa shape index (κ2) is 7.47. The van der Waals surface area contributed by atoms with Crippen molar-refractivity contribution in [1.82, 2.24) is 33.4 Å². The molecule has 0 saturated carbocycles. The van der Waals surface area contributed by atoms with Gasteiger partial charge in [0.05, 0.1) is 6.54 Å². The number of nitrogens with zero attached hydrogens (tertiary/aromatic N) is 6. The van der Waals surface area contributed by atoms with Crippen LogP contribution in [-0.2, 0) is 27.2 Å². The first-order valence-corrected chi connectivity index (χ1v) is 10.1. The Kier molecular flexibility index (Phi) is 4.97. The lowest BCUT2D eigenvalue weighted by Crippen LogP contribution is -2.38. The van der Waals surface area contributed by atoms with Crippen LogP contribution in [0, 0.1) is 12.8 Å². The van der Waals surface area contributed by atoms with Crippen LogP contribution in [0.4, 0.5) is 0 Å². The van der Waals surface area contributed by atoms with E-state index in [0.29, 0.717) is 41.6 Å². The number of H-pyrrole nitrogens is 1. The molecular weight excluding hydrogens is 382 g/mol. The van der Waals surface area contributed by atoms with Crippen molar-refractivity contribution in [3.8, 4) is 11.5 Å². The van der Waals surface area contributed by atoms with Crippen LogP contribution in [0.2, 0.25) is 0 Å². The molecule has 9 heteroatoms. The molecule has 0 radical (unpaired) electrons. The summed E-state index contributed by atoms with van der Waals surface area (Å²) >= 11 is 0. The van der Waals surface area contributed by atoms with Crippen LogP contribution < -0.4 is 11.2 Å². The summed E-state index contributed by atoms with van der Waals surface area (Å²) in [6, 6.07) is 2.04. The lowest BCUT2D eigenvalue weighted by Gasteiger charge is -2.10. The summed E-state index contributed by atoms with van der Waals surface area (Å²) in [6.07, 6.45) is 6.26. The Morgan fingerprint density at radius 2 is 1.97 bits per heavy atom. The number of nitrogens with one attached hydrogen (secondary N) is 1. The summed E-state index contributed by atoms with van der Waals surface area (Å²) in [5.74, 6) is 1.05. The summed E-state index contributed by atoms with van der Waals surface area (Å²) in [5, 5.41) is 5.17. The minimum atomic E-state index is -0.356. The zero-order valence-corrected chi connectivity index (χ0v) is 18.0. The third-order valence-electron chi connectivity index (χ3n) is 5.41. The predicted octanol–water partition coefficient (Wildman–Crippen LogP) is 2.03. The van der Waals surface area contributed by atoms with Crippen LogP contribution >= 0.6 is 0 Å². The van der Waals surface area contributed by atoms with Crippen molar-refractivity contribution in [2.75, 3.05) is 0 Å². The molecule has 30 heavy (non-hydrogen) atoms. The molecule has 4 aromatic rings. The van der Waals surface area contributed by atoms with E-state index in [9.17, 15) is 9.59 Å². The molecule has 4 aromatic heterocycles. The molecule has 0 aromatic carbocycles. The minimum Gasteiger partial charge on any atom is -0.365 e. The zero-order chi connectivity index (χ0) is 21.6. The van der Waals surface area contributed by atoms with Gasteiger partial charge in [0.25, 0.3) is 5.56 Å². The molecule has 0 aliphatic heterocycles. The van der Waals surface area contributed by atoms with Crippen molar-refractivity contribution in [3.05, 3.63) is 56.8 Å². The number of rotatable bonds is 6. The van der Waals surface area contributed by atoms with E-state index in [1.165, 1.54) is 11.6 Å². The molecular formula is C21H27N7O2. The largest absolute Gasteiger partial charge is 0.365 e. The average molecular weight is 409 g/mol. The maximum atomic E-state index is 13.2. The van der Waals surface area contributed by atoms with E-state index >= 15 is 0 Å². The van der Waals surface area contributed by atoms with Crippen LogP contribution in [0.5, 0.6) is 0 Å². The van der Waals surface area contributed by atoms with E-state index in [0.717, 1.165) is 17.7 Å². The number of imidazole rings is 1. The molecule has 0 spiro atoms. The first-order valence-electron chi connectivity index (χ1n) is 10.1. The zero-order valence-electron chi connectivity index (χ0n) is 18.0. The molecule has 0 amide bonds. The summed E-state index contributed by atoms with van der Waals surface area (Å²) in [4.78, 5) is 33.7. The summed E-state index contributed by atoms with van der Waals surface area (Å²) in [6.45, 7) is 7.17. The molecule has 4 heterocycles. The molecule has 9 nitrogen and oxygen atoms in total. The van der Waals surface area contributed by atoms with Gasteiger partial charge in [0.2, 0.25) is 0 Å². The van der Waals surface area contributed by atoms with Gasteiger partial charge in [0, 0.05) is 44.9 Å². The molecule has 0 saturated heterocycles. The highest BCUT2D eigenvalue weighted by atomic mass is 16.2. The molecule has 0 aliphatic carbocycles. The topological polar surface area (TPSA) is 95.4 Å². The lowest BCUT2D eigenvalue weighted by atomic mass is 10.1. The van der Waals surface area contributed by atoms with Crippen LogP contribution in [0.15, 0.2) is 34.2 Å². The predicted molar refractivity (Wildman–Crippen MR) is 116 cm³/mol. The van der Waals surface area contributed by atoms with E-state index in [1.54, 1.807) is 15.4 Å². The standard InChI is InChI=1S/C21H27N7O2/c1-13(2)6-8-27-18-16(20(29)26(5)21(27)30)17(19-22-7-9-25(19)4)28(24-18)12-15-10-14(3)23-11-15/h7,9-11,13,23H,6,8,12H2,1-5H3. The number of fused-ring (bicyclic) bond motifs is 1. The maximum Gasteiger partial charge on any atom is 0.332 e. The summed E-state index contributed by atoms with van der Waals surface area (Å²) in [7, 11) is 3.40. The third-order valence-corrected chi connectivity index (χ3v) is 5.41. The molecule has 0 fully saturated rings. The maximum absolute atomic E-state index is 13.2. The van der Waals surface area contributed by atoms with E-state index in [1.807, 2.05) is 37.0 Å². The molecule has 0 aliphatic rings. The Hall–Kier alpha value is -3.36. The van der Waals surface area contributed by atoms with Gasteiger partial charge in [0.1, 0.15) is 11.1 Å². The Labute approximate surface area is 173 Å². The van der Waals surface area contributed by atoms with Gasteiger partial charge in [-0.1, -0.05) is 13.8 Å². The molecule has 4 rings (SSSR count). The number of hydrogen-bond donors (Lipinski definition) is 1. The Morgan fingerprint density at radius 3 is 2.57 bits per heavy atom. The summed E-state index contributed by atoms with van der Waals surface area (Å²) in [5.41, 5.74) is 2.41. The molecule has 0 unspecified atom stereocenters. The third kappa shape index (κ3) is 3.30.